The third kappa shape index (κ3) is 3.51. The zero-order chi connectivity index (χ0) is 14.7. The highest BCUT2D eigenvalue weighted by Crippen LogP contribution is 2.35. The molecule has 0 fully saturated rings. The van der Waals surface area contributed by atoms with E-state index in [1.807, 2.05) is 0 Å². The first kappa shape index (κ1) is 14.9. The fourth-order valence-corrected chi connectivity index (χ4v) is 2.62. The van der Waals surface area contributed by atoms with Crippen LogP contribution in [0.15, 0.2) is 36.4 Å². The van der Waals surface area contributed by atoms with E-state index < -0.39 is 4.92 Å². The zero-order valence-corrected chi connectivity index (χ0v) is 13.2. The van der Waals surface area contributed by atoms with Crippen LogP contribution in [0.4, 0.5) is 5.69 Å². The minimum Gasteiger partial charge on any atom is -0.493 e. The van der Waals surface area contributed by atoms with Gasteiger partial charge in [0.25, 0.3) is 5.69 Å². The molecule has 0 aliphatic heterocycles. The van der Waals surface area contributed by atoms with E-state index in [1.54, 1.807) is 18.2 Å². The van der Waals surface area contributed by atoms with Crippen LogP contribution in [-0.2, 0) is 0 Å². The van der Waals surface area contributed by atoms with Gasteiger partial charge in [-0.25, -0.2) is 0 Å². The van der Waals surface area contributed by atoms with Gasteiger partial charge in [-0.2, -0.15) is 0 Å². The van der Waals surface area contributed by atoms with Gasteiger partial charge < -0.3 is 9.47 Å². The standard InChI is InChI=1S/C13H9ClINO4/c1-19-13-7-10(16(17)18)2-3-12(13)20-11-5-8(14)4-9(15)6-11/h2-7H,1H3. The van der Waals surface area contributed by atoms with Crippen molar-refractivity contribution in [1.29, 1.82) is 0 Å². The van der Waals surface area contributed by atoms with E-state index in [0.29, 0.717) is 16.5 Å². The normalized spacial score (nSPS) is 10.2. The summed E-state index contributed by atoms with van der Waals surface area (Å²) >= 11 is 8.07. The van der Waals surface area contributed by atoms with Crippen molar-refractivity contribution in [2.75, 3.05) is 7.11 Å². The number of halogens is 2. The molecule has 20 heavy (non-hydrogen) atoms. The van der Waals surface area contributed by atoms with Crippen LogP contribution in [-0.4, -0.2) is 12.0 Å². The number of nitrogens with zero attached hydrogens (tertiary/aromatic N) is 1. The summed E-state index contributed by atoms with van der Waals surface area (Å²) in [4.78, 5) is 10.2. The molecule has 7 heteroatoms. The minimum atomic E-state index is -0.491. The molecule has 0 saturated carbocycles. The average Bonchev–Trinajstić information content (AvgIpc) is 2.37. The number of methoxy groups -OCH3 is 1. The molecule has 104 valence electrons. The minimum absolute atomic E-state index is 0.0603. The summed E-state index contributed by atoms with van der Waals surface area (Å²) in [5, 5.41) is 11.3. The third-order valence-electron chi connectivity index (χ3n) is 2.42. The predicted molar refractivity (Wildman–Crippen MR) is 83.9 cm³/mol. The van der Waals surface area contributed by atoms with Gasteiger partial charge in [-0.05, 0) is 46.9 Å². The van der Waals surface area contributed by atoms with Gasteiger partial charge in [0.15, 0.2) is 11.5 Å². The average molecular weight is 406 g/mol. The van der Waals surface area contributed by atoms with Crippen molar-refractivity contribution in [1.82, 2.24) is 0 Å². The highest BCUT2D eigenvalue weighted by atomic mass is 127. The maximum atomic E-state index is 10.7. The van der Waals surface area contributed by atoms with Crippen LogP contribution in [0.3, 0.4) is 0 Å². The van der Waals surface area contributed by atoms with Crippen LogP contribution in [0.5, 0.6) is 17.2 Å². The molecule has 0 amide bonds. The number of hydrogen-bond donors (Lipinski definition) is 0. The van der Waals surface area contributed by atoms with Gasteiger partial charge in [0.1, 0.15) is 5.75 Å². The SMILES string of the molecule is COc1cc([N+](=O)[O-])ccc1Oc1cc(Cl)cc(I)c1. The van der Waals surface area contributed by atoms with Crippen molar-refractivity contribution in [3.63, 3.8) is 0 Å². The lowest BCUT2D eigenvalue weighted by Crippen LogP contribution is -1.93. The Balaban J connectivity index is 2.35. The Kier molecular flexibility index (Phi) is 4.66. The molecule has 0 radical (unpaired) electrons. The molecule has 0 unspecified atom stereocenters. The zero-order valence-electron chi connectivity index (χ0n) is 10.3. The Bertz CT molecular complexity index is 643. The fourth-order valence-electron chi connectivity index (χ4n) is 1.57. The number of hydrogen-bond acceptors (Lipinski definition) is 4. The van der Waals surface area contributed by atoms with Gasteiger partial charge in [0, 0.05) is 14.7 Å². The summed E-state index contributed by atoms with van der Waals surface area (Å²) in [7, 11) is 1.42. The van der Waals surface area contributed by atoms with Crippen molar-refractivity contribution < 1.29 is 14.4 Å². The van der Waals surface area contributed by atoms with Gasteiger partial charge >= 0.3 is 0 Å². The lowest BCUT2D eigenvalue weighted by molar-refractivity contribution is -0.384. The lowest BCUT2D eigenvalue weighted by Gasteiger charge is -2.10. The first-order chi connectivity index (χ1) is 9.49. The van der Waals surface area contributed by atoms with Crippen molar-refractivity contribution in [3.05, 3.63) is 55.1 Å². The number of nitro benzene ring substituents is 1. The van der Waals surface area contributed by atoms with E-state index in [1.165, 1.54) is 25.3 Å². The first-order valence-corrected chi connectivity index (χ1v) is 6.91. The van der Waals surface area contributed by atoms with E-state index in [9.17, 15) is 10.1 Å². The van der Waals surface area contributed by atoms with Crippen molar-refractivity contribution in [2.24, 2.45) is 0 Å². The van der Waals surface area contributed by atoms with E-state index in [0.717, 1.165) is 3.57 Å². The fraction of sp³-hybridized carbons (Fsp3) is 0.0769. The Hall–Kier alpha value is -1.54. The van der Waals surface area contributed by atoms with E-state index in [4.69, 9.17) is 21.1 Å². The van der Waals surface area contributed by atoms with Crippen LogP contribution < -0.4 is 9.47 Å². The molecule has 2 aromatic carbocycles. The van der Waals surface area contributed by atoms with Gasteiger partial charge in [-0.1, -0.05) is 11.6 Å². The molecule has 0 atom stereocenters. The molecule has 0 heterocycles. The molecule has 0 saturated heterocycles. The van der Waals surface area contributed by atoms with Crippen LogP contribution in [0.2, 0.25) is 5.02 Å². The molecule has 0 aromatic heterocycles. The lowest BCUT2D eigenvalue weighted by atomic mass is 10.2. The van der Waals surface area contributed by atoms with Gasteiger partial charge in [0.05, 0.1) is 18.1 Å². The largest absolute Gasteiger partial charge is 0.493 e. The molecule has 0 bridgehead atoms. The summed E-state index contributed by atoms with van der Waals surface area (Å²) in [6.07, 6.45) is 0. The highest BCUT2D eigenvalue weighted by Gasteiger charge is 2.13. The smallest absolute Gasteiger partial charge is 0.273 e. The quantitative estimate of drug-likeness (QED) is 0.422. The summed E-state index contributed by atoms with van der Waals surface area (Å²) in [5.41, 5.74) is -0.0603. The highest BCUT2D eigenvalue weighted by molar-refractivity contribution is 14.1. The maximum absolute atomic E-state index is 10.7. The number of benzene rings is 2. The molecular weight excluding hydrogens is 397 g/mol. The second-order valence-electron chi connectivity index (χ2n) is 3.80. The van der Waals surface area contributed by atoms with E-state index in [-0.39, 0.29) is 11.4 Å². The maximum Gasteiger partial charge on any atom is 0.273 e. The van der Waals surface area contributed by atoms with Gasteiger partial charge in [-0.3, -0.25) is 10.1 Å². The van der Waals surface area contributed by atoms with Crippen molar-refractivity contribution in [3.8, 4) is 17.2 Å². The number of ether oxygens (including phenoxy) is 2. The Morgan fingerprint density at radius 1 is 1.20 bits per heavy atom. The molecule has 0 spiro atoms. The Morgan fingerprint density at radius 2 is 1.95 bits per heavy atom. The van der Waals surface area contributed by atoms with E-state index in [2.05, 4.69) is 22.6 Å². The van der Waals surface area contributed by atoms with Crippen molar-refractivity contribution >= 4 is 39.9 Å². The molecule has 0 aliphatic carbocycles. The molecule has 2 aromatic rings. The van der Waals surface area contributed by atoms with Crippen LogP contribution >= 0.6 is 34.2 Å². The van der Waals surface area contributed by atoms with Crippen LogP contribution in [0, 0.1) is 13.7 Å². The summed E-state index contributed by atoms with van der Waals surface area (Å²) in [6, 6.07) is 9.41. The molecular formula is C13H9ClINO4. The number of rotatable bonds is 4. The second kappa shape index (κ2) is 6.27. The van der Waals surface area contributed by atoms with Crippen molar-refractivity contribution in [2.45, 2.75) is 0 Å². The number of non-ortho nitro benzene ring substituents is 1. The second-order valence-corrected chi connectivity index (χ2v) is 5.48. The molecule has 0 N–H and O–H groups in total. The number of nitro groups is 1. The van der Waals surface area contributed by atoms with E-state index >= 15 is 0 Å². The summed E-state index contributed by atoms with van der Waals surface area (Å²) in [6.45, 7) is 0. The molecule has 5 nitrogen and oxygen atoms in total. The summed E-state index contributed by atoms with van der Waals surface area (Å²) in [5.74, 6) is 1.21. The monoisotopic (exact) mass is 405 g/mol. The summed E-state index contributed by atoms with van der Waals surface area (Å²) < 4.78 is 11.7. The first-order valence-electron chi connectivity index (χ1n) is 5.46. The van der Waals surface area contributed by atoms with Crippen LogP contribution in [0.25, 0.3) is 0 Å². The Morgan fingerprint density at radius 3 is 2.55 bits per heavy atom. The molecule has 2 rings (SSSR count). The predicted octanol–water partition coefficient (Wildman–Crippen LogP) is 4.65. The Labute approximate surface area is 133 Å². The third-order valence-corrected chi connectivity index (χ3v) is 3.26. The van der Waals surface area contributed by atoms with Gasteiger partial charge in [0.2, 0.25) is 0 Å². The van der Waals surface area contributed by atoms with Gasteiger partial charge in [-0.15, -0.1) is 0 Å². The molecule has 0 aliphatic rings. The van der Waals surface area contributed by atoms with Crippen LogP contribution in [0.1, 0.15) is 0 Å². The topological polar surface area (TPSA) is 61.6 Å².